The molecule has 0 spiro atoms. The molecule has 7 nitrogen and oxygen atoms in total. The van der Waals surface area contributed by atoms with Gasteiger partial charge in [-0.3, -0.25) is 10.7 Å². The number of para-hydroxylation sites is 1. The molecule has 3 aromatic rings. The van der Waals surface area contributed by atoms with Crippen molar-refractivity contribution in [3.05, 3.63) is 65.9 Å². The Morgan fingerprint density at radius 2 is 1.80 bits per heavy atom. The zero-order valence-corrected chi connectivity index (χ0v) is 13.4. The lowest BCUT2D eigenvalue weighted by atomic mass is 10.0. The minimum atomic E-state index is -1.04. The smallest absolute Gasteiger partial charge is 0.336 e. The van der Waals surface area contributed by atoms with Crippen LogP contribution >= 0.6 is 0 Å². The monoisotopic (exact) mass is 333 g/mol. The van der Waals surface area contributed by atoms with E-state index in [-0.39, 0.29) is 17.5 Å². The lowest BCUT2D eigenvalue weighted by Crippen LogP contribution is -2.14. The number of anilines is 1. The topological polar surface area (TPSA) is 111 Å². The molecular weight excluding hydrogens is 318 g/mol. The first-order chi connectivity index (χ1) is 12.0. The summed E-state index contributed by atoms with van der Waals surface area (Å²) >= 11 is 0. The maximum atomic E-state index is 11.3. The summed E-state index contributed by atoms with van der Waals surface area (Å²) in [5, 5.41) is 20.8. The van der Waals surface area contributed by atoms with Gasteiger partial charge in [-0.1, -0.05) is 36.4 Å². The van der Waals surface area contributed by atoms with E-state index in [9.17, 15) is 9.90 Å². The van der Waals surface area contributed by atoms with E-state index in [2.05, 4.69) is 20.3 Å². The molecule has 0 aliphatic heterocycles. The van der Waals surface area contributed by atoms with E-state index in [1.54, 1.807) is 31.3 Å². The van der Waals surface area contributed by atoms with Crippen molar-refractivity contribution in [1.82, 2.24) is 9.97 Å². The molecule has 0 unspecified atom stereocenters. The number of carboxylic acids is 1. The highest BCUT2D eigenvalue weighted by atomic mass is 16.4. The van der Waals surface area contributed by atoms with Crippen LogP contribution in [0.4, 0.5) is 5.95 Å². The average Bonchev–Trinajstić information content (AvgIpc) is 2.61. The second-order valence-electron chi connectivity index (χ2n) is 5.27. The molecule has 0 fully saturated rings. The number of aromatic carboxylic acids is 1. The highest BCUT2D eigenvalue weighted by Crippen LogP contribution is 2.13. The highest BCUT2D eigenvalue weighted by Gasteiger charge is 2.12. The van der Waals surface area contributed by atoms with Crippen molar-refractivity contribution in [3.63, 3.8) is 0 Å². The van der Waals surface area contributed by atoms with E-state index in [0.717, 1.165) is 10.9 Å². The number of benzene rings is 2. The van der Waals surface area contributed by atoms with E-state index in [1.807, 2.05) is 24.3 Å². The van der Waals surface area contributed by atoms with Gasteiger partial charge in [-0.25, -0.2) is 19.8 Å². The molecule has 3 rings (SSSR count). The molecule has 0 aliphatic rings. The molecule has 0 aliphatic carbocycles. The van der Waals surface area contributed by atoms with E-state index in [4.69, 9.17) is 5.41 Å². The first-order valence-corrected chi connectivity index (χ1v) is 7.50. The summed E-state index contributed by atoms with van der Waals surface area (Å²) in [4.78, 5) is 23.9. The number of hydrogen-bond acceptors (Lipinski definition) is 4. The zero-order valence-electron chi connectivity index (χ0n) is 13.4. The lowest BCUT2D eigenvalue weighted by molar-refractivity contribution is 0.0696. The van der Waals surface area contributed by atoms with E-state index < -0.39 is 5.97 Å². The molecule has 3 N–H and O–H groups in total. The molecule has 1 aromatic heterocycles. The Morgan fingerprint density at radius 1 is 1.12 bits per heavy atom. The van der Waals surface area contributed by atoms with E-state index in [0.29, 0.717) is 11.3 Å². The zero-order chi connectivity index (χ0) is 17.8. The van der Waals surface area contributed by atoms with Crippen LogP contribution in [0.25, 0.3) is 10.9 Å². The number of carboxylic acid groups (broad SMARTS) is 1. The van der Waals surface area contributed by atoms with Gasteiger partial charge in [0.05, 0.1) is 11.1 Å². The fourth-order valence-electron chi connectivity index (χ4n) is 2.38. The molecule has 0 saturated heterocycles. The number of aromatic nitrogens is 2. The summed E-state index contributed by atoms with van der Waals surface area (Å²) in [7, 11) is 0. The Morgan fingerprint density at radius 3 is 2.56 bits per heavy atom. The second kappa shape index (κ2) is 6.88. The molecule has 124 valence electrons. The van der Waals surface area contributed by atoms with E-state index >= 15 is 0 Å². The third kappa shape index (κ3) is 3.66. The number of rotatable bonds is 3. The van der Waals surface area contributed by atoms with Crippen molar-refractivity contribution >= 4 is 34.5 Å². The van der Waals surface area contributed by atoms with Crippen LogP contribution < -0.4 is 5.32 Å². The SMILES string of the molecule is CC(=NC(=N)Nc1ncc2ccccc2n1)c1ccccc1C(=O)O. The Kier molecular flexibility index (Phi) is 4.47. The fraction of sp³-hybridized carbons (Fsp3) is 0.0556. The Hall–Kier alpha value is -3.61. The van der Waals surface area contributed by atoms with Crippen LogP contribution in [-0.2, 0) is 0 Å². The van der Waals surface area contributed by atoms with Crippen LogP contribution in [0.3, 0.4) is 0 Å². The predicted octanol–water partition coefficient (Wildman–Crippen LogP) is 3.18. The summed E-state index contributed by atoms with van der Waals surface area (Å²) in [5.41, 5.74) is 1.76. The maximum Gasteiger partial charge on any atom is 0.336 e. The van der Waals surface area contributed by atoms with Gasteiger partial charge < -0.3 is 5.11 Å². The third-order valence-electron chi connectivity index (χ3n) is 3.55. The molecule has 1 heterocycles. The van der Waals surface area contributed by atoms with Crippen molar-refractivity contribution in [3.8, 4) is 0 Å². The standard InChI is InChI=1S/C18H15N5O2/c1-11(13-7-3-4-8-14(13)16(24)25)21-17(19)23-18-20-10-12-6-2-5-9-15(12)22-18/h2-10H,1H3,(H,24,25)(H2,19,20,22,23). The average molecular weight is 333 g/mol. The van der Waals surface area contributed by atoms with Gasteiger partial charge in [0, 0.05) is 22.9 Å². The van der Waals surface area contributed by atoms with Gasteiger partial charge in [0.15, 0.2) is 0 Å². The van der Waals surface area contributed by atoms with Crippen LogP contribution in [0.15, 0.2) is 59.7 Å². The molecule has 0 bridgehead atoms. The summed E-state index contributed by atoms with van der Waals surface area (Å²) in [5.74, 6) is -0.956. The number of guanidine groups is 1. The number of fused-ring (bicyclic) bond motifs is 1. The first-order valence-electron chi connectivity index (χ1n) is 7.50. The Balaban J connectivity index is 1.83. The summed E-state index contributed by atoms with van der Waals surface area (Å²) in [6.45, 7) is 1.65. The van der Waals surface area contributed by atoms with Crippen LogP contribution in [0.1, 0.15) is 22.8 Å². The lowest BCUT2D eigenvalue weighted by Gasteiger charge is -2.07. The van der Waals surface area contributed by atoms with Gasteiger partial charge in [0.25, 0.3) is 0 Å². The fourth-order valence-corrected chi connectivity index (χ4v) is 2.38. The summed E-state index contributed by atoms with van der Waals surface area (Å²) in [6, 6.07) is 14.0. The van der Waals surface area contributed by atoms with Crippen molar-refractivity contribution < 1.29 is 9.90 Å². The third-order valence-corrected chi connectivity index (χ3v) is 3.55. The first kappa shape index (κ1) is 16.3. The number of aliphatic imine (C=N–C) groups is 1. The number of nitrogens with zero attached hydrogens (tertiary/aromatic N) is 3. The van der Waals surface area contributed by atoms with Gasteiger partial charge in [-0.15, -0.1) is 0 Å². The number of carbonyl (C=O) groups is 1. The van der Waals surface area contributed by atoms with Crippen LogP contribution in [0.2, 0.25) is 0 Å². The molecule has 25 heavy (non-hydrogen) atoms. The van der Waals surface area contributed by atoms with Crippen molar-refractivity contribution in [1.29, 1.82) is 5.41 Å². The minimum Gasteiger partial charge on any atom is -0.478 e. The van der Waals surface area contributed by atoms with E-state index in [1.165, 1.54) is 6.07 Å². The quantitative estimate of drug-likeness (QED) is 0.503. The molecule has 0 atom stereocenters. The van der Waals surface area contributed by atoms with Crippen LogP contribution in [0.5, 0.6) is 0 Å². The molecule has 2 aromatic carbocycles. The van der Waals surface area contributed by atoms with Crippen molar-refractivity contribution in [2.75, 3.05) is 5.32 Å². The van der Waals surface area contributed by atoms with Gasteiger partial charge >= 0.3 is 5.97 Å². The second-order valence-corrected chi connectivity index (χ2v) is 5.27. The highest BCUT2D eigenvalue weighted by molar-refractivity contribution is 6.12. The summed E-state index contributed by atoms with van der Waals surface area (Å²) < 4.78 is 0. The summed E-state index contributed by atoms with van der Waals surface area (Å²) in [6.07, 6.45) is 1.66. The molecule has 7 heteroatoms. The Labute approximate surface area is 143 Å². The molecular formula is C18H15N5O2. The van der Waals surface area contributed by atoms with Crippen molar-refractivity contribution in [2.45, 2.75) is 6.92 Å². The molecule has 0 radical (unpaired) electrons. The molecule has 0 amide bonds. The maximum absolute atomic E-state index is 11.3. The normalized spacial score (nSPS) is 11.3. The van der Waals surface area contributed by atoms with Gasteiger partial charge in [0.2, 0.25) is 11.9 Å². The van der Waals surface area contributed by atoms with Gasteiger partial charge in [0.1, 0.15) is 0 Å². The number of nitrogens with one attached hydrogen (secondary N) is 2. The largest absolute Gasteiger partial charge is 0.478 e. The molecule has 0 saturated carbocycles. The van der Waals surface area contributed by atoms with Gasteiger partial charge in [-0.05, 0) is 19.1 Å². The Bertz CT molecular complexity index is 997. The van der Waals surface area contributed by atoms with Crippen LogP contribution in [0, 0.1) is 5.41 Å². The minimum absolute atomic E-state index is 0.138. The predicted molar refractivity (Wildman–Crippen MR) is 96.5 cm³/mol. The number of hydrogen-bond donors (Lipinski definition) is 3. The van der Waals surface area contributed by atoms with Gasteiger partial charge in [-0.2, -0.15) is 0 Å². The van der Waals surface area contributed by atoms with Crippen molar-refractivity contribution in [2.24, 2.45) is 4.99 Å². The van der Waals surface area contributed by atoms with Crippen LogP contribution in [-0.4, -0.2) is 32.7 Å².